The van der Waals surface area contributed by atoms with E-state index in [0.717, 1.165) is 63.6 Å². The van der Waals surface area contributed by atoms with Crippen molar-refractivity contribution in [3.63, 3.8) is 0 Å². The maximum absolute atomic E-state index is 12.3. The Hall–Kier alpha value is -1.75. The number of thioether (sulfide) groups is 1. The van der Waals surface area contributed by atoms with E-state index in [1.165, 1.54) is 11.3 Å². The number of hydrogen-bond acceptors (Lipinski definition) is 6. The molecule has 6 nitrogen and oxygen atoms in total. The van der Waals surface area contributed by atoms with Crippen molar-refractivity contribution >= 4 is 17.7 Å². The van der Waals surface area contributed by atoms with Crippen LogP contribution >= 0.6 is 11.8 Å². The Morgan fingerprint density at radius 3 is 2.76 bits per heavy atom. The maximum Gasteiger partial charge on any atom is 0.224 e. The van der Waals surface area contributed by atoms with E-state index in [4.69, 9.17) is 14.7 Å². The molecule has 1 aromatic carbocycles. The highest BCUT2D eigenvalue weighted by atomic mass is 32.2. The van der Waals surface area contributed by atoms with E-state index in [2.05, 4.69) is 22.3 Å². The van der Waals surface area contributed by atoms with Gasteiger partial charge in [-0.05, 0) is 43.0 Å². The first-order valence-electron chi connectivity index (χ1n) is 10.6. The fourth-order valence-corrected chi connectivity index (χ4v) is 5.10. The second kappa shape index (κ2) is 12.1. The molecule has 0 bridgehead atoms. The fourth-order valence-electron chi connectivity index (χ4n) is 3.96. The summed E-state index contributed by atoms with van der Waals surface area (Å²) in [4.78, 5) is 15.9. The predicted octanol–water partition coefficient (Wildman–Crippen LogP) is 2.94. The molecule has 1 aliphatic heterocycles. The van der Waals surface area contributed by atoms with E-state index < -0.39 is 0 Å². The smallest absolute Gasteiger partial charge is 0.224 e. The molecule has 1 aliphatic carbocycles. The van der Waals surface area contributed by atoms with Gasteiger partial charge in [0.15, 0.2) is 0 Å². The third-order valence-electron chi connectivity index (χ3n) is 5.66. The number of benzene rings is 1. The number of morpholine rings is 1. The molecular weight excluding hydrogens is 386 g/mol. The predicted molar refractivity (Wildman–Crippen MR) is 114 cm³/mol. The van der Waals surface area contributed by atoms with E-state index in [1.807, 2.05) is 18.2 Å². The van der Waals surface area contributed by atoms with Crippen LogP contribution in [0, 0.1) is 23.2 Å². The molecule has 0 aromatic heterocycles. The zero-order chi connectivity index (χ0) is 20.3. The summed E-state index contributed by atoms with van der Waals surface area (Å²) in [5.41, 5.74) is 0. The average Bonchev–Trinajstić information content (AvgIpc) is 2.78. The lowest BCUT2D eigenvalue weighted by molar-refractivity contribution is -0.127. The van der Waals surface area contributed by atoms with E-state index in [1.54, 1.807) is 11.8 Å². The second-order valence-electron chi connectivity index (χ2n) is 7.61. The van der Waals surface area contributed by atoms with E-state index in [9.17, 15) is 4.79 Å². The zero-order valence-electron chi connectivity index (χ0n) is 17.0. The maximum atomic E-state index is 12.3. The van der Waals surface area contributed by atoms with Crippen LogP contribution in [0.1, 0.15) is 25.7 Å². The van der Waals surface area contributed by atoms with Gasteiger partial charge in [-0.25, -0.2) is 0 Å². The van der Waals surface area contributed by atoms with Crippen LogP contribution in [-0.4, -0.2) is 62.6 Å². The topological polar surface area (TPSA) is 74.6 Å². The first-order valence-corrected chi connectivity index (χ1v) is 11.6. The summed E-state index contributed by atoms with van der Waals surface area (Å²) in [5, 5.41) is 11.4. The van der Waals surface area contributed by atoms with Gasteiger partial charge in [0.25, 0.3) is 0 Å². The molecule has 158 valence electrons. The number of carbonyl (C=O) groups is 1. The molecule has 2 fully saturated rings. The largest absolute Gasteiger partial charge is 0.492 e. The number of nitrogens with one attached hydrogen (secondary N) is 1. The van der Waals surface area contributed by atoms with Gasteiger partial charge < -0.3 is 14.8 Å². The lowest BCUT2D eigenvalue weighted by atomic mass is 9.80. The summed E-state index contributed by atoms with van der Waals surface area (Å²) < 4.78 is 11.2. The summed E-state index contributed by atoms with van der Waals surface area (Å²) in [5.74, 6) is 2.28. The molecule has 1 saturated carbocycles. The molecule has 1 amide bonds. The number of ether oxygens (including phenoxy) is 2. The third-order valence-corrected chi connectivity index (χ3v) is 6.86. The lowest BCUT2D eigenvalue weighted by Crippen LogP contribution is -2.38. The molecule has 2 aliphatic rings. The van der Waals surface area contributed by atoms with Crippen LogP contribution in [0.15, 0.2) is 29.2 Å². The summed E-state index contributed by atoms with van der Waals surface area (Å²) in [6.45, 7) is 5.31. The van der Waals surface area contributed by atoms with E-state index in [-0.39, 0.29) is 18.4 Å². The van der Waals surface area contributed by atoms with Crippen LogP contribution in [0.3, 0.4) is 0 Å². The number of rotatable bonds is 9. The molecule has 29 heavy (non-hydrogen) atoms. The van der Waals surface area contributed by atoms with Gasteiger partial charge >= 0.3 is 0 Å². The van der Waals surface area contributed by atoms with E-state index >= 15 is 0 Å². The number of carbonyl (C=O) groups excluding carboxylic acids is 1. The normalized spacial score (nSPS) is 22.6. The quantitative estimate of drug-likeness (QED) is 0.492. The van der Waals surface area contributed by atoms with Crippen LogP contribution in [-0.2, 0) is 9.53 Å². The Bertz CT molecular complexity index is 671. The van der Waals surface area contributed by atoms with Crippen LogP contribution in [0.25, 0.3) is 0 Å². The van der Waals surface area contributed by atoms with Crippen LogP contribution < -0.4 is 10.1 Å². The van der Waals surface area contributed by atoms with Gasteiger partial charge in [-0.1, -0.05) is 12.8 Å². The Morgan fingerprint density at radius 2 is 2.00 bits per heavy atom. The monoisotopic (exact) mass is 417 g/mol. The first kappa shape index (κ1) is 21.9. The van der Waals surface area contributed by atoms with Crippen molar-refractivity contribution in [2.75, 3.05) is 51.8 Å². The summed E-state index contributed by atoms with van der Waals surface area (Å²) in [7, 11) is 0. The standard InChI is InChI=1S/C22H31N3O3S/c23-9-10-24-22(26)21-4-2-1-3-18(21)17-29-20-7-5-19(6-8-20)28-16-13-25-11-14-27-15-12-25/h5-8,18,21H,1-4,10-17H2,(H,24,26). The number of nitrogens with zero attached hydrogens (tertiary/aromatic N) is 2. The minimum Gasteiger partial charge on any atom is -0.492 e. The van der Waals surface area contributed by atoms with Crippen molar-refractivity contribution in [3.05, 3.63) is 24.3 Å². The van der Waals surface area contributed by atoms with Gasteiger partial charge in [-0.15, -0.1) is 11.8 Å². The molecule has 2 unspecified atom stereocenters. The molecule has 7 heteroatoms. The minimum absolute atomic E-state index is 0.0346. The van der Waals surface area contributed by atoms with Crippen LogP contribution in [0.4, 0.5) is 0 Å². The molecule has 1 N–H and O–H groups in total. The molecule has 1 saturated heterocycles. The molecule has 3 rings (SSSR count). The molecule has 0 spiro atoms. The Balaban J connectivity index is 1.41. The minimum atomic E-state index is 0.0346. The molecule has 1 aromatic rings. The Labute approximate surface area is 177 Å². The SMILES string of the molecule is N#CCNC(=O)C1CCCCC1CSc1ccc(OCCN2CCOCC2)cc1. The van der Waals surface area contributed by atoms with Gasteiger partial charge in [-0.2, -0.15) is 5.26 Å². The van der Waals surface area contributed by atoms with Crippen molar-refractivity contribution in [1.82, 2.24) is 10.2 Å². The van der Waals surface area contributed by atoms with Gasteiger partial charge in [0.05, 0.1) is 19.3 Å². The van der Waals surface area contributed by atoms with Gasteiger partial charge in [0.2, 0.25) is 5.91 Å². The molecule has 1 heterocycles. The van der Waals surface area contributed by atoms with Crippen molar-refractivity contribution in [1.29, 1.82) is 5.26 Å². The highest BCUT2D eigenvalue weighted by molar-refractivity contribution is 7.99. The van der Waals surface area contributed by atoms with Gasteiger partial charge in [-0.3, -0.25) is 9.69 Å². The zero-order valence-corrected chi connectivity index (χ0v) is 17.8. The number of nitriles is 1. The summed E-state index contributed by atoms with van der Waals surface area (Å²) in [6.07, 6.45) is 4.30. The van der Waals surface area contributed by atoms with Crippen LogP contribution in [0.5, 0.6) is 5.75 Å². The average molecular weight is 418 g/mol. The fraction of sp³-hybridized carbons (Fsp3) is 0.636. The highest BCUT2D eigenvalue weighted by Crippen LogP contribution is 2.35. The van der Waals surface area contributed by atoms with Crippen LogP contribution in [0.2, 0.25) is 0 Å². The van der Waals surface area contributed by atoms with Crippen molar-refractivity contribution in [2.45, 2.75) is 30.6 Å². The van der Waals surface area contributed by atoms with Gasteiger partial charge in [0.1, 0.15) is 18.9 Å². The van der Waals surface area contributed by atoms with E-state index in [0.29, 0.717) is 12.5 Å². The molecular formula is C22H31N3O3S. The Kier molecular flexibility index (Phi) is 9.13. The van der Waals surface area contributed by atoms with Crippen molar-refractivity contribution in [2.24, 2.45) is 11.8 Å². The number of hydrogen-bond donors (Lipinski definition) is 1. The Morgan fingerprint density at radius 1 is 1.24 bits per heavy atom. The van der Waals surface area contributed by atoms with Crippen molar-refractivity contribution in [3.8, 4) is 11.8 Å². The molecule has 2 atom stereocenters. The van der Waals surface area contributed by atoms with Gasteiger partial charge in [0, 0.05) is 36.2 Å². The summed E-state index contributed by atoms with van der Waals surface area (Å²) in [6, 6.07) is 10.2. The second-order valence-corrected chi connectivity index (χ2v) is 8.71. The van der Waals surface area contributed by atoms with Crippen molar-refractivity contribution < 1.29 is 14.3 Å². The lowest BCUT2D eigenvalue weighted by Gasteiger charge is -2.30. The third kappa shape index (κ3) is 7.22. The molecule has 0 radical (unpaired) electrons. The first-order chi connectivity index (χ1) is 14.3. The number of amides is 1. The highest BCUT2D eigenvalue weighted by Gasteiger charge is 2.30. The summed E-state index contributed by atoms with van der Waals surface area (Å²) >= 11 is 1.80.